The molecule has 19 heavy (non-hydrogen) atoms. The van der Waals surface area contributed by atoms with Crippen molar-refractivity contribution in [2.45, 2.75) is 24.8 Å². The van der Waals surface area contributed by atoms with Crippen molar-refractivity contribution in [2.75, 3.05) is 7.05 Å². The molecule has 5 nitrogen and oxygen atoms in total. The summed E-state index contributed by atoms with van der Waals surface area (Å²) in [4.78, 5) is 18.4. The fourth-order valence-corrected chi connectivity index (χ4v) is 2.48. The van der Waals surface area contributed by atoms with Gasteiger partial charge in [0.25, 0.3) is 0 Å². The summed E-state index contributed by atoms with van der Waals surface area (Å²) in [6.07, 6.45) is 3.31. The van der Waals surface area contributed by atoms with Crippen LogP contribution in [-0.2, 0) is 16.8 Å². The number of benzene rings is 1. The number of hydrogen-bond acceptors (Lipinski definition) is 3. The van der Waals surface area contributed by atoms with Gasteiger partial charge in [0.2, 0.25) is 5.91 Å². The van der Waals surface area contributed by atoms with Gasteiger partial charge in [0, 0.05) is 7.05 Å². The zero-order valence-electron chi connectivity index (χ0n) is 10.8. The summed E-state index contributed by atoms with van der Waals surface area (Å²) in [5.74, 6) is 0.870. The molecule has 0 radical (unpaired) electrons. The number of likely N-dealkylation sites (N-methyl/N-ethyl adjacent to an activating group) is 1. The van der Waals surface area contributed by atoms with Gasteiger partial charge in [-0.1, -0.05) is 30.3 Å². The van der Waals surface area contributed by atoms with E-state index in [0.717, 1.165) is 18.4 Å². The molecule has 5 heteroatoms. The Hall–Kier alpha value is -2.17. The Kier molecular flexibility index (Phi) is 2.81. The van der Waals surface area contributed by atoms with Crippen LogP contribution in [0.25, 0.3) is 0 Å². The molecule has 98 valence electrons. The normalized spacial score (nSPS) is 16.1. The van der Waals surface area contributed by atoms with Crippen LogP contribution in [0.2, 0.25) is 0 Å². The van der Waals surface area contributed by atoms with Gasteiger partial charge in [-0.2, -0.15) is 5.10 Å². The minimum atomic E-state index is -0.309. The topological polar surface area (TPSA) is 61.9 Å². The lowest BCUT2D eigenvalue weighted by Gasteiger charge is -2.23. The number of amides is 1. The van der Waals surface area contributed by atoms with Crippen LogP contribution in [0.3, 0.4) is 0 Å². The molecule has 3 rings (SSSR count). The maximum atomic E-state index is 12.6. The van der Waals surface area contributed by atoms with E-state index < -0.39 is 0 Å². The molecular formula is C14H16N4O. The molecule has 0 unspecified atom stereocenters. The first-order valence-electron chi connectivity index (χ1n) is 6.38. The van der Waals surface area contributed by atoms with Gasteiger partial charge in [0.05, 0.1) is 12.0 Å². The Morgan fingerprint density at radius 2 is 2.11 bits per heavy atom. The van der Waals surface area contributed by atoms with Crippen molar-refractivity contribution in [3.05, 3.63) is 48.0 Å². The molecule has 1 aromatic carbocycles. The highest BCUT2D eigenvalue weighted by Crippen LogP contribution is 2.49. The first kappa shape index (κ1) is 11.9. The fourth-order valence-electron chi connectivity index (χ4n) is 2.48. The maximum Gasteiger partial charge on any atom is 0.233 e. The Morgan fingerprint density at radius 1 is 1.37 bits per heavy atom. The van der Waals surface area contributed by atoms with Gasteiger partial charge in [0.15, 0.2) is 0 Å². The van der Waals surface area contributed by atoms with E-state index in [-0.39, 0.29) is 11.3 Å². The number of carbonyl (C=O) groups is 1. The van der Waals surface area contributed by atoms with Gasteiger partial charge in [-0.25, -0.2) is 4.98 Å². The minimum absolute atomic E-state index is 0.162. The summed E-state index contributed by atoms with van der Waals surface area (Å²) in [7, 11) is 1.81. The van der Waals surface area contributed by atoms with Crippen LogP contribution in [0.15, 0.2) is 36.7 Å². The predicted molar refractivity (Wildman–Crippen MR) is 70.2 cm³/mol. The second kappa shape index (κ2) is 4.50. The van der Waals surface area contributed by atoms with Crippen LogP contribution in [-0.4, -0.2) is 33.0 Å². The van der Waals surface area contributed by atoms with Crippen molar-refractivity contribution in [1.82, 2.24) is 20.1 Å². The van der Waals surface area contributed by atoms with E-state index in [9.17, 15) is 4.79 Å². The van der Waals surface area contributed by atoms with E-state index in [1.165, 1.54) is 6.33 Å². The Balaban J connectivity index is 1.77. The molecular weight excluding hydrogens is 240 g/mol. The zero-order valence-corrected chi connectivity index (χ0v) is 10.8. The van der Waals surface area contributed by atoms with Crippen LogP contribution >= 0.6 is 0 Å². The molecule has 0 bridgehead atoms. The van der Waals surface area contributed by atoms with Crippen molar-refractivity contribution in [1.29, 1.82) is 0 Å². The molecule has 1 amide bonds. The molecule has 1 saturated carbocycles. The molecule has 0 aliphatic heterocycles. The van der Waals surface area contributed by atoms with Gasteiger partial charge in [-0.15, -0.1) is 0 Å². The third kappa shape index (κ3) is 2.12. The quantitative estimate of drug-likeness (QED) is 0.901. The second-order valence-electron chi connectivity index (χ2n) is 5.04. The highest BCUT2D eigenvalue weighted by Gasteiger charge is 2.52. The number of hydrogen-bond donors (Lipinski definition) is 1. The summed E-state index contributed by atoms with van der Waals surface area (Å²) in [6, 6.07) is 10.0. The van der Waals surface area contributed by atoms with E-state index in [2.05, 4.69) is 15.2 Å². The number of nitrogens with zero attached hydrogens (tertiary/aromatic N) is 3. The standard InChI is InChI=1S/C14H16N4O/c1-18(9-12-15-10-16-17-12)13(19)14(7-8-14)11-5-3-2-4-6-11/h2-6,10H,7-9H2,1H3,(H,15,16,17). The van der Waals surface area contributed by atoms with Crippen molar-refractivity contribution < 1.29 is 4.79 Å². The van der Waals surface area contributed by atoms with E-state index in [1.807, 2.05) is 37.4 Å². The fraction of sp³-hybridized carbons (Fsp3) is 0.357. The number of carbonyl (C=O) groups excluding carboxylic acids is 1. The summed E-state index contributed by atoms with van der Waals surface area (Å²) in [5.41, 5.74) is 0.806. The smallest absolute Gasteiger partial charge is 0.233 e. The average molecular weight is 256 g/mol. The predicted octanol–water partition coefficient (Wildman–Crippen LogP) is 1.49. The van der Waals surface area contributed by atoms with Crippen molar-refractivity contribution in [3.63, 3.8) is 0 Å². The first-order valence-corrected chi connectivity index (χ1v) is 6.38. The summed E-state index contributed by atoms with van der Waals surface area (Å²) >= 11 is 0. The number of nitrogens with one attached hydrogen (secondary N) is 1. The largest absolute Gasteiger partial charge is 0.337 e. The number of aromatic amines is 1. The van der Waals surface area contributed by atoms with Crippen molar-refractivity contribution in [3.8, 4) is 0 Å². The Labute approximate surface area is 111 Å². The van der Waals surface area contributed by atoms with Gasteiger partial charge in [0.1, 0.15) is 12.2 Å². The zero-order chi connectivity index (χ0) is 13.3. The van der Waals surface area contributed by atoms with Crippen LogP contribution < -0.4 is 0 Å². The number of H-pyrrole nitrogens is 1. The molecule has 0 spiro atoms. The van der Waals surface area contributed by atoms with Crippen LogP contribution in [0.4, 0.5) is 0 Å². The molecule has 0 saturated heterocycles. The van der Waals surface area contributed by atoms with E-state index >= 15 is 0 Å². The van der Waals surface area contributed by atoms with Crippen LogP contribution in [0.5, 0.6) is 0 Å². The minimum Gasteiger partial charge on any atom is -0.337 e. The number of rotatable bonds is 4. The summed E-state index contributed by atoms with van der Waals surface area (Å²) in [6.45, 7) is 0.466. The van der Waals surface area contributed by atoms with Gasteiger partial charge in [-0.3, -0.25) is 9.89 Å². The van der Waals surface area contributed by atoms with E-state index in [4.69, 9.17) is 0 Å². The molecule has 0 atom stereocenters. The average Bonchev–Trinajstić information content (AvgIpc) is 3.11. The monoisotopic (exact) mass is 256 g/mol. The molecule has 1 fully saturated rings. The van der Waals surface area contributed by atoms with Gasteiger partial charge >= 0.3 is 0 Å². The van der Waals surface area contributed by atoms with E-state index in [1.54, 1.807) is 4.90 Å². The van der Waals surface area contributed by atoms with Crippen LogP contribution in [0.1, 0.15) is 24.2 Å². The second-order valence-corrected chi connectivity index (χ2v) is 5.04. The number of aromatic nitrogens is 3. The highest BCUT2D eigenvalue weighted by molar-refractivity contribution is 5.91. The lowest BCUT2D eigenvalue weighted by atomic mass is 9.94. The molecule has 1 aromatic heterocycles. The summed E-state index contributed by atoms with van der Waals surface area (Å²) in [5, 5.41) is 6.58. The Bertz CT molecular complexity index is 560. The van der Waals surface area contributed by atoms with Crippen LogP contribution in [0, 0.1) is 0 Å². The molecule has 2 aromatic rings. The third-order valence-electron chi connectivity index (χ3n) is 3.68. The van der Waals surface area contributed by atoms with E-state index in [0.29, 0.717) is 12.4 Å². The SMILES string of the molecule is CN(Cc1ncn[nH]1)C(=O)C1(c2ccccc2)CC1. The van der Waals surface area contributed by atoms with Gasteiger partial charge < -0.3 is 4.90 Å². The first-order chi connectivity index (χ1) is 9.22. The molecule has 1 aliphatic carbocycles. The third-order valence-corrected chi connectivity index (χ3v) is 3.68. The lowest BCUT2D eigenvalue weighted by molar-refractivity contribution is -0.133. The van der Waals surface area contributed by atoms with Gasteiger partial charge in [-0.05, 0) is 18.4 Å². The van der Waals surface area contributed by atoms with Crippen molar-refractivity contribution in [2.24, 2.45) is 0 Å². The molecule has 1 aliphatic rings. The molecule has 1 heterocycles. The molecule has 1 N–H and O–H groups in total. The van der Waals surface area contributed by atoms with Crippen molar-refractivity contribution >= 4 is 5.91 Å². The Morgan fingerprint density at radius 3 is 2.68 bits per heavy atom. The lowest BCUT2D eigenvalue weighted by Crippen LogP contribution is -2.36. The summed E-state index contributed by atoms with van der Waals surface area (Å²) < 4.78 is 0. The highest BCUT2D eigenvalue weighted by atomic mass is 16.2. The maximum absolute atomic E-state index is 12.6.